The Hall–Kier alpha value is -2.82. The van der Waals surface area contributed by atoms with Gasteiger partial charge in [0.15, 0.2) is 0 Å². The average Bonchev–Trinajstić information content (AvgIpc) is 2.53. The van der Waals surface area contributed by atoms with E-state index in [1.807, 2.05) is 25.1 Å². The van der Waals surface area contributed by atoms with Crippen LogP contribution in [0.25, 0.3) is 0 Å². The van der Waals surface area contributed by atoms with Crippen LogP contribution in [0.1, 0.15) is 42.3 Å². The highest BCUT2D eigenvalue weighted by Crippen LogP contribution is 2.14. The molecule has 2 amide bonds. The molecule has 26 heavy (non-hydrogen) atoms. The number of ether oxygens (including phenoxy) is 1. The van der Waals surface area contributed by atoms with Crippen LogP contribution in [0.2, 0.25) is 0 Å². The van der Waals surface area contributed by atoms with E-state index < -0.39 is 11.7 Å². The summed E-state index contributed by atoms with van der Waals surface area (Å²) in [6.45, 7) is 7.98. The fourth-order valence-corrected chi connectivity index (χ4v) is 2.45. The van der Waals surface area contributed by atoms with Gasteiger partial charge in [0.05, 0.1) is 0 Å². The maximum Gasteiger partial charge on any atom is 0.412 e. The van der Waals surface area contributed by atoms with Crippen molar-refractivity contribution in [3.05, 3.63) is 65.2 Å². The van der Waals surface area contributed by atoms with E-state index in [2.05, 4.69) is 16.7 Å². The highest BCUT2D eigenvalue weighted by Gasteiger charge is 2.16. The summed E-state index contributed by atoms with van der Waals surface area (Å²) < 4.78 is 5.21. The quantitative estimate of drug-likeness (QED) is 0.840. The molecule has 0 saturated heterocycles. The average molecular weight is 354 g/mol. The van der Waals surface area contributed by atoms with Crippen LogP contribution in [-0.2, 0) is 11.2 Å². The van der Waals surface area contributed by atoms with Crippen molar-refractivity contribution in [1.29, 1.82) is 0 Å². The zero-order valence-electron chi connectivity index (χ0n) is 15.8. The monoisotopic (exact) mass is 354 g/mol. The van der Waals surface area contributed by atoms with Crippen LogP contribution >= 0.6 is 0 Å². The molecule has 0 aromatic heterocycles. The first-order chi connectivity index (χ1) is 12.2. The van der Waals surface area contributed by atoms with Gasteiger partial charge in [-0.25, -0.2) is 4.79 Å². The Balaban J connectivity index is 1.90. The minimum Gasteiger partial charge on any atom is -0.444 e. The zero-order chi connectivity index (χ0) is 19.2. The molecule has 5 nitrogen and oxygen atoms in total. The maximum atomic E-state index is 12.3. The lowest BCUT2D eigenvalue weighted by atomic mass is 10.1. The third-order valence-corrected chi connectivity index (χ3v) is 3.55. The highest BCUT2D eigenvalue weighted by atomic mass is 16.6. The number of aryl methyl sites for hydroxylation is 1. The lowest BCUT2D eigenvalue weighted by molar-refractivity contribution is 0.0635. The van der Waals surface area contributed by atoms with Crippen LogP contribution < -0.4 is 10.6 Å². The first-order valence-electron chi connectivity index (χ1n) is 8.67. The maximum absolute atomic E-state index is 12.3. The Labute approximate surface area is 154 Å². The SMILES string of the molecule is Cc1cccc(CCNC(=O)c2cccc(NC(=O)OC(C)(C)C)c2)c1. The van der Waals surface area contributed by atoms with Crippen molar-refractivity contribution in [1.82, 2.24) is 5.32 Å². The van der Waals surface area contributed by atoms with Crippen molar-refractivity contribution in [3.8, 4) is 0 Å². The van der Waals surface area contributed by atoms with Gasteiger partial charge in [0.1, 0.15) is 5.60 Å². The molecular weight excluding hydrogens is 328 g/mol. The molecule has 0 saturated carbocycles. The van der Waals surface area contributed by atoms with Gasteiger partial charge in [0.2, 0.25) is 0 Å². The van der Waals surface area contributed by atoms with Crippen LogP contribution in [0.3, 0.4) is 0 Å². The van der Waals surface area contributed by atoms with Gasteiger partial charge in [-0.05, 0) is 57.9 Å². The Morgan fingerprint density at radius 1 is 1.04 bits per heavy atom. The van der Waals surface area contributed by atoms with E-state index in [9.17, 15) is 9.59 Å². The van der Waals surface area contributed by atoms with Gasteiger partial charge in [-0.2, -0.15) is 0 Å². The molecule has 0 atom stereocenters. The van der Waals surface area contributed by atoms with E-state index >= 15 is 0 Å². The molecular formula is C21H26N2O3. The Bertz CT molecular complexity index is 779. The molecule has 0 unspecified atom stereocenters. The van der Waals surface area contributed by atoms with Gasteiger partial charge in [-0.1, -0.05) is 35.9 Å². The number of amides is 2. The van der Waals surface area contributed by atoms with Crippen molar-refractivity contribution < 1.29 is 14.3 Å². The molecule has 0 fully saturated rings. The van der Waals surface area contributed by atoms with Crippen molar-refractivity contribution >= 4 is 17.7 Å². The van der Waals surface area contributed by atoms with Crippen LogP contribution in [0.4, 0.5) is 10.5 Å². The molecule has 2 aromatic rings. The van der Waals surface area contributed by atoms with Gasteiger partial charge in [-0.3, -0.25) is 10.1 Å². The van der Waals surface area contributed by atoms with Gasteiger partial charge < -0.3 is 10.1 Å². The second kappa shape index (κ2) is 8.52. The summed E-state index contributed by atoms with van der Waals surface area (Å²) >= 11 is 0. The van der Waals surface area contributed by atoms with E-state index in [1.165, 1.54) is 11.1 Å². The number of hydrogen-bond acceptors (Lipinski definition) is 3. The molecule has 2 rings (SSSR count). The molecule has 2 N–H and O–H groups in total. The molecule has 0 aliphatic heterocycles. The summed E-state index contributed by atoms with van der Waals surface area (Å²) in [4.78, 5) is 24.1. The Morgan fingerprint density at radius 3 is 2.46 bits per heavy atom. The lowest BCUT2D eigenvalue weighted by Gasteiger charge is -2.19. The molecule has 5 heteroatoms. The zero-order valence-corrected chi connectivity index (χ0v) is 15.8. The van der Waals surface area contributed by atoms with Crippen LogP contribution in [-0.4, -0.2) is 24.1 Å². The second-order valence-electron chi connectivity index (χ2n) is 7.20. The number of carbonyl (C=O) groups excluding carboxylic acids is 2. The van der Waals surface area contributed by atoms with E-state index in [-0.39, 0.29) is 5.91 Å². The van der Waals surface area contributed by atoms with Gasteiger partial charge in [-0.15, -0.1) is 0 Å². The topological polar surface area (TPSA) is 67.4 Å². The molecule has 0 heterocycles. The summed E-state index contributed by atoms with van der Waals surface area (Å²) in [5.74, 6) is -0.175. The Morgan fingerprint density at radius 2 is 1.77 bits per heavy atom. The minimum atomic E-state index is -0.575. The molecule has 0 radical (unpaired) electrons. The summed E-state index contributed by atoms with van der Waals surface area (Å²) in [5.41, 5.74) is 2.82. The third-order valence-electron chi connectivity index (χ3n) is 3.55. The standard InChI is InChI=1S/C21H26N2O3/c1-15-7-5-8-16(13-15)11-12-22-19(24)17-9-6-10-18(14-17)23-20(25)26-21(2,3)4/h5-10,13-14H,11-12H2,1-4H3,(H,22,24)(H,23,25). The Kier molecular flexibility index (Phi) is 6.39. The number of hydrogen-bond donors (Lipinski definition) is 2. The fourth-order valence-electron chi connectivity index (χ4n) is 2.45. The lowest BCUT2D eigenvalue weighted by Crippen LogP contribution is -2.28. The predicted molar refractivity (Wildman–Crippen MR) is 104 cm³/mol. The summed E-state index contributed by atoms with van der Waals surface area (Å²) in [5, 5.41) is 5.54. The molecule has 0 spiro atoms. The van der Waals surface area contributed by atoms with E-state index in [0.717, 1.165) is 6.42 Å². The molecule has 0 aliphatic carbocycles. The summed E-state index contributed by atoms with van der Waals surface area (Å²) in [6.07, 6.45) is 0.220. The van der Waals surface area contributed by atoms with Crippen molar-refractivity contribution in [2.75, 3.05) is 11.9 Å². The normalized spacial score (nSPS) is 10.9. The van der Waals surface area contributed by atoms with Crippen LogP contribution in [0.5, 0.6) is 0 Å². The molecule has 0 bridgehead atoms. The van der Waals surface area contributed by atoms with Crippen molar-refractivity contribution in [2.45, 2.75) is 39.7 Å². The van der Waals surface area contributed by atoms with Gasteiger partial charge >= 0.3 is 6.09 Å². The van der Waals surface area contributed by atoms with Crippen molar-refractivity contribution in [3.63, 3.8) is 0 Å². The number of nitrogens with one attached hydrogen (secondary N) is 2. The van der Waals surface area contributed by atoms with E-state index in [1.54, 1.807) is 45.0 Å². The third kappa shape index (κ3) is 6.59. The highest BCUT2D eigenvalue weighted by molar-refractivity contribution is 5.96. The summed E-state index contributed by atoms with van der Waals surface area (Å²) in [7, 11) is 0. The number of rotatable bonds is 5. The molecule has 0 aliphatic rings. The molecule has 2 aromatic carbocycles. The second-order valence-corrected chi connectivity index (χ2v) is 7.20. The minimum absolute atomic E-state index is 0.175. The number of carbonyl (C=O) groups is 2. The van der Waals surface area contributed by atoms with Crippen molar-refractivity contribution in [2.24, 2.45) is 0 Å². The smallest absolute Gasteiger partial charge is 0.412 e. The predicted octanol–water partition coefficient (Wildman–Crippen LogP) is 4.31. The summed E-state index contributed by atoms with van der Waals surface area (Å²) in [6, 6.07) is 15.0. The van der Waals surface area contributed by atoms with Crippen LogP contribution in [0, 0.1) is 6.92 Å². The van der Waals surface area contributed by atoms with E-state index in [0.29, 0.717) is 17.8 Å². The van der Waals surface area contributed by atoms with Gasteiger partial charge in [0.25, 0.3) is 5.91 Å². The first kappa shape index (κ1) is 19.5. The first-order valence-corrected chi connectivity index (χ1v) is 8.67. The molecule has 138 valence electrons. The van der Waals surface area contributed by atoms with Crippen LogP contribution in [0.15, 0.2) is 48.5 Å². The van der Waals surface area contributed by atoms with E-state index in [4.69, 9.17) is 4.74 Å². The fraction of sp³-hybridized carbons (Fsp3) is 0.333. The number of anilines is 1. The largest absolute Gasteiger partial charge is 0.444 e. The number of benzene rings is 2. The van der Waals surface area contributed by atoms with Gasteiger partial charge in [0, 0.05) is 17.8 Å².